The van der Waals surface area contributed by atoms with Crippen LogP contribution in [0.1, 0.15) is 5.82 Å². The Labute approximate surface area is 75.7 Å². The first-order valence-electron chi connectivity index (χ1n) is 3.93. The third-order valence-corrected chi connectivity index (χ3v) is 1.57. The maximum atomic E-state index is 4.21. The van der Waals surface area contributed by atoms with Crippen molar-refractivity contribution in [3.05, 3.63) is 36.5 Å². The van der Waals surface area contributed by atoms with Gasteiger partial charge in [-0.25, -0.2) is 19.9 Å². The Morgan fingerprint density at radius 3 is 2.46 bits per heavy atom. The molecule has 0 aliphatic rings. The summed E-state index contributed by atoms with van der Waals surface area (Å²) >= 11 is 0. The number of aryl methyl sites for hydroxylation is 1. The smallest absolute Gasteiger partial charge is 0.178 e. The van der Waals surface area contributed by atoms with Crippen LogP contribution in [0.2, 0.25) is 0 Å². The van der Waals surface area contributed by atoms with Crippen molar-refractivity contribution in [1.29, 1.82) is 0 Å². The van der Waals surface area contributed by atoms with Gasteiger partial charge in [0.15, 0.2) is 5.82 Å². The molecule has 0 unspecified atom stereocenters. The van der Waals surface area contributed by atoms with Crippen LogP contribution in [0.15, 0.2) is 30.7 Å². The van der Waals surface area contributed by atoms with Crippen LogP contribution in [0.5, 0.6) is 0 Å². The molecular weight excluding hydrogens is 164 g/mol. The highest BCUT2D eigenvalue weighted by atomic mass is 14.9. The lowest BCUT2D eigenvalue weighted by atomic mass is 10.4. The Morgan fingerprint density at radius 1 is 1.00 bits per heavy atom. The molecule has 13 heavy (non-hydrogen) atoms. The lowest BCUT2D eigenvalue weighted by molar-refractivity contribution is 1.03. The third kappa shape index (κ3) is 1.66. The van der Waals surface area contributed by atoms with Crippen LogP contribution in [0.4, 0.5) is 0 Å². The van der Waals surface area contributed by atoms with Crippen molar-refractivity contribution in [2.45, 2.75) is 6.92 Å². The van der Waals surface area contributed by atoms with Crippen LogP contribution in [0.25, 0.3) is 11.5 Å². The normalized spacial score (nSPS) is 9.92. The summed E-state index contributed by atoms with van der Waals surface area (Å²) in [5, 5.41) is 0. The fourth-order valence-electron chi connectivity index (χ4n) is 1.01. The van der Waals surface area contributed by atoms with Gasteiger partial charge in [-0.15, -0.1) is 0 Å². The molecule has 2 aromatic heterocycles. The van der Waals surface area contributed by atoms with E-state index in [1.165, 1.54) is 0 Å². The minimum Gasteiger partial charge on any atom is -0.242 e. The van der Waals surface area contributed by atoms with Gasteiger partial charge in [0.1, 0.15) is 11.5 Å². The highest BCUT2D eigenvalue weighted by molar-refractivity contribution is 5.47. The predicted octanol–water partition coefficient (Wildman–Crippen LogP) is 1.24. The van der Waals surface area contributed by atoms with Gasteiger partial charge in [-0.2, -0.15) is 0 Å². The van der Waals surface area contributed by atoms with Crippen LogP contribution < -0.4 is 0 Å². The average molecular weight is 172 g/mol. The molecule has 4 heteroatoms. The predicted molar refractivity (Wildman–Crippen MR) is 47.8 cm³/mol. The number of hydrogen-bond donors (Lipinski definition) is 0. The third-order valence-electron chi connectivity index (χ3n) is 1.57. The SMILES string of the molecule is Cc1nccc(-c2ncccn2)n1. The van der Waals surface area contributed by atoms with Crippen molar-refractivity contribution in [3.63, 3.8) is 0 Å². The molecule has 0 aromatic carbocycles. The molecule has 0 amide bonds. The molecule has 2 heterocycles. The first-order chi connectivity index (χ1) is 6.36. The molecule has 0 spiro atoms. The van der Waals surface area contributed by atoms with E-state index in [0.29, 0.717) is 5.82 Å². The Kier molecular flexibility index (Phi) is 1.96. The van der Waals surface area contributed by atoms with Gasteiger partial charge in [-0.05, 0) is 19.1 Å². The molecule has 0 radical (unpaired) electrons. The van der Waals surface area contributed by atoms with Crippen molar-refractivity contribution in [1.82, 2.24) is 19.9 Å². The fourth-order valence-corrected chi connectivity index (χ4v) is 1.01. The Balaban J connectivity index is 2.48. The highest BCUT2D eigenvalue weighted by Crippen LogP contribution is 2.08. The van der Waals surface area contributed by atoms with Crippen molar-refractivity contribution in [3.8, 4) is 11.5 Å². The second kappa shape index (κ2) is 3.26. The molecular formula is C9H8N4. The minimum atomic E-state index is 0.632. The largest absolute Gasteiger partial charge is 0.242 e. The van der Waals surface area contributed by atoms with E-state index in [9.17, 15) is 0 Å². The molecule has 0 atom stereocenters. The molecule has 2 aromatic rings. The summed E-state index contributed by atoms with van der Waals surface area (Å²) in [5.41, 5.74) is 0.758. The summed E-state index contributed by atoms with van der Waals surface area (Å²) in [6, 6.07) is 3.57. The van der Waals surface area contributed by atoms with Crippen LogP contribution >= 0.6 is 0 Å². The lowest BCUT2D eigenvalue weighted by Gasteiger charge is -1.97. The Hall–Kier alpha value is -1.84. The van der Waals surface area contributed by atoms with Crippen LogP contribution in [-0.2, 0) is 0 Å². The van der Waals surface area contributed by atoms with Crippen molar-refractivity contribution < 1.29 is 0 Å². The van der Waals surface area contributed by atoms with Gasteiger partial charge in [-0.1, -0.05) is 0 Å². The Morgan fingerprint density at radius 2 is 1.77 bits per heavy atom. The van der Waals surface area contributed by atoms with Gasteiger partial charge < -0.3 is 0 Å². The van der Waals surface area contributed by atoms with Gasteiger partial charge in [0, 0.05) is 18.6 Å². The number of hydrogen-bond acceptors (Lipinski definition) is 4. The zero-order valence-electron chi connectivity index (χ0n) is 7.18. The summed E-state index contributed by atoms with van der Waals surface area (Å²) in [6.45, 7) is 1.84. The van der Waals surface area contributed by atoms with Crippen LogP contribution in [0, 0.1) is 6.92 Å². The van der Waals surface area contributed by atoms with E-state index in [4.69, 9.17) is 0 Å². The average Bonchev–Trinajstić information content (AvgIpc) is 2.19. The maximum absolute atomic E-state index is 4.21. The second-order valence-corrected chi connectivity index (χ2v) is 2.56. The van der Waals surface area contributed by atoms with Crippen molar-refractivity contribution in [2.24, 2.45) is 0 Å². The molecule has 4 nitrogen and oxygen atoms in total. The molecule has 0 N–H and O–H groups in total. The molecule has 0 bridgehead atoms. The first kappa shape index (κ1) is 7.79. The molecule has 0 aliphatic heterocycles. The fraction of sp³-hybridized carbons (Fsp3) is 0.111. The van der Waals surface area contributed by atoms with Gasteiger partial charge in [0.25, 0.3) is 0 Å². The Bertz CT molecular complexity index is 399. The monoisotopic (exact) mass is 172 g/mol. The zero-order valence-corrected chi connectivity index (χ0v) is 7.18. The van der Waals surface area contributed by atoms with Gasteiger partial charge in [-0.3, -0.25) is 0 Å². The molecule has 64 valence electrons. The second-order valence-electron chi connectivity index (χ2n) is 2.56. The summed E-state index contributed by atoms with van der Waals surface area (Å²) in [4.78, 5) is 16.4. The summed E-state index contributed by atoms with van der Waals surface area (Å²) in [6.07, 6.45) is 5.09. The zero-order chi connectivity index (χ0) is 9.10. The highest BCUT2D eigenvalue weighted by Gasteiger charge is 2.00. The quantitative estimate of drug-likeness (QED) is 0.649. The van der Waals surface area contributed by atoms with Gasteiger partial charge in [0.05, 0.1) is 0 Å². The van der Waals surface area contributed by atoms with E-state index >= 15 is 0 Å². The molecule has 2 rings (SSSR count). The van der Waals surface area contributed by atoms with Crippen molar-refractivity contribution >= 4 is 0 Å². The molecule has 0 fully saturated rings. The maximum Gasteiger partial charge on any atom is 0.178 e. The molecule has 0 saturated heterocycles. The number of nitrogens with zero attached hydrogens (tertiary/aromatic N) is 4. The number of rotatable bonds is 1. The van der Waals surface area contributed by atoms with E-state index in [-0.39, 0.29) is 0 Å². The topological polar surface area (TPSA) is 51.6 Å². The molecule has 0 saturated carbocycles. The lowest BCUT2D eigenvalue weighted by Crippen LogP contribution is -1.93. The molecule has 0 aliphatic carbocycles. The number of aromatic nitrogens is 4. The summed E-state index contributed by atoms with van der Waals surface area (Å²) in [7, 11) is 0. The van der Waals surface area contributed by atoms with E-state index in [2.05, 4.69) is 19.9 Å². The van der Waals surface area contributed by atoms with E-state index in [1.54, 1.807) is 30.7 Å². The van der Waals surface area contributed by atoms with Crippen LogP contribution in [-0.4, -0.2) is 19.9 Å². The van der Waals surface area contributed by atoms with Gasteiger partial charge >= 0.3 is 0 Å². The summed E-state index contributed by atoms with van der Waals surface area (Å²) in [5.74, 6) is 1.36. The van der Waals surface area contributed by atoms with E-state index < -0.39 is 0 Å². The van der Waals surface area contributed by atoms with E-state index in [0.717, 1.165) is 11.5 Å². The minimum absolute atomic E-state index is 0.632. The van der Waals surface area contributed by atoms with Crippen molar-refractivity contribution in [2.75, 3.05) is 0 Å². The van der Waals surface area contributed by atoms with Crippen LogP contribution in [0.3, 0.4) is 0 Å². The summed E-state index contributed by atoms with van der Waals surface area (Å²) < 4.78 is 0. The first-order valence-corrected chi connectivity index (χ1v) is 3.93. The van der Waals surface area contributed by atoms with Gasteiger partial charge in [0.2, 0.25) is 0 Å². The van der Waals surface area contributed by atoms with E-state index in [1.807, 2.05) is 6.92 Å². The standard InChI is InChI=1S/C9H8N4/c1-7-10-6-3-8(13-7)9-11-4-2-5-12-9/h2-6H,1H3.